The van der Waals surface area contributed by atoms with Gasteiger partial charge in [-0.05, 0) is 6.07 Å². The Morgan fingerprint density at radius 1 is 1.53 bits per heavy atom. The van der Waals surface area contributed by atoms with Gasteiger partial charge in [0.05, 0.1) is 13.2 Å². The molecule has 1 unspecified atom stereocenters. The zero-order chi connectivity index (χ0) is 10.7. The number of ether oxygens (including phenoxy) is 2. The van der Waals surface area contributed by atoms with E-state index in [1.54, 1.807) is 0 Å². The maximum absolute atomic E-state index is 10.8. The fraction of sp³-hybridized carbons (Fsp3) is 0.364. The fourth-order valence-electron chi connectivity index (χ4n) is 1.51. The number of rotatable bonds is 1. The van der Waals surface area contributed by atoms with Crippen LogP contribution in [0.2, 0.25) is 0 Å². The van der Waals surface area contributed by atoms with Crippen LogP contribution in [-0.4, -0.2) is 18.8 Å². The molecule has 0 saturated heterocycles. The molecular formula is C11H13NO3. The van der Waals surface area contributed by atoms with Crippen LogP contribution in [0.1, 0.15) is 12.5 Å². The van der Waals surface area contributed by atoms with E-state index in [0.29, 0.717) is 13.2 Å². The second-order valence-corrected chi connectivity index (χ2v) is 3.39. The van der Waals surface area contributed by atoms with Crippen LogP contribution in [0.15, 0.2) is 24.3 Å². The van der Waals surface area contributed by atoms with Gasteiger partial charge < -0.3 is 14.8 Å². The second kappa shape index (κ2) is 4.31. The highest BCUT2D eigenvalue weighted by Crippen LogP contribution is 2.20. The van der Waals surface area contributed by atoms with Crippen LogP contribution in [0, 0.1) is 0 Å². The van der Waals surface area contributed by atoms with Gasteiger partial charge in [-0.15, -0.1) is 0 Å². The Morgan fingerprint density at radius 2 is 2.33 bits per heavy atom. The molecule has 0 fully saturated rings. The average molecular weight is 207 g/mol. The van der Waals surface area contributed by atoms with Crippen LogP contribution < -0.4 is 5.32 Å². The first-order valence-electron chi connectivity index (χ1n) is 4.86. The Balaban J connectivity index is 2.05. The summed E-state index contributed by atoms with van der Waals surface area (Å²) in [7, 11) is 0. The lowest BCUT2D eigenvalue weighted by Crippen LogP contribution is -2.25. The predicted molar refractivity (Wildman–Crippen MR) is 55.3 cm³/mol. The Bertz CT molecular complexity index is 338. The van der Waals surface area contributed by atoms with E-state index in [9.17, 15) is 4.79 Å². The molecule has 1 heterocycles. The standard InChI is InChI=1S/C11H13NO3/c1-8(13)15-11-6-12-10-5-3-2-4-9(10)7-14-11/h2-5,11-12H,6-7H2,1H3. The number of anilines is 1. The SMILES string of the molecule is CC(=O)OC1CNc2ccccc2CO1. The van der Waals surface area contributed by atoms with Gasteiger partial charge in [-0.2, -0.15) is 0 Å². The van der Waals surface area contributed by atoms with Crippen molar-refractivity contribution >= 4 is 11.7 Å². The van der Waals surface area contributed by atoms with Gasteiger partial charge in [-0.3, -0.25) is 4.79 Å². The van der Waals surface area contributed by atoms with Gasteiger partial charge in [0.25, 0.3) is 0 Å². The average Bonchev–Trinajstić information content (AvgIpc) is 2.41. The molecule has 0 aliphatic carbocycles. The van der Waals surface area contributed by atoms with Crippen molar-refractivity contribution in [1.29, 1.82) is 0 Å². The highest BCUT2D eigenvalue weighted by atomic mass is 16.7. The molecule has 4 heteroatoms. The van der Waals surface area contributed by atoms with E-state index in [0.717, 1.165) is 11.3 Å². The highest BCUT2D eigenvalue weighted by Gasteiger charge is 2.17. The molecule has 2 rings (SSSR count). The number of carbonyl (C=O) groups is 1. The zero-order valence-corrected chi connectivity index (χ0v) is 8.53. The lowest BCUT2D eigenvalue weighted by atomic mass is 10.2. The Morgan fingerprint density at radius 3 is 3.13 bits per heavy atom. The number of esters is 1. The minimum atomic E-state index is -0.505. The zero-order valence-electron chi connectivity index (χ0n) is 8.53. The van der Waals surface area contributed by atoms with Gasteiger partial charge in [0.15, 0.2) is 0 Å². The van der Waals surface area contributed by atoms with Crippen LogP contribution >= 0.6 is 0 Å². The van der Waals surface area contributed by atoms with E-state index in [1.807, 2.05) is 24.3 Å². The van der Waals surface area contributed by atoms with Gasteiger partial charge in [0.1, 0.15) is 0 Å². The van der Waals surface area contributed by atoms with E-state index in [2.05, 4.69) is 5.32 Å². The third-order valence-electron chi connectivity index (χ3n) is 2.20. The summed E-state index contributed by atoms with van der Waals surface area (Å²) >= 11 is 0. The Labute approximate surface area is 88.2 Å². The third-order valence-corrected chi connectivity index (χ3v) is 2.20. The van der Waals surface area contributed by atoms with Crippen LogP contribution in [0.3, 0.4) is 0 Å². The molecule has 0 radical (unpaired) electrons. The minimum absolute atomic E-state index is 0.326. The first kappa shape index (κ1) is 9.98. The molecule has 80 valence electrons. The predicted octanol–water partition coefficient (Wildman–Crippen LogP) is 1.52. The summed E-state index contributed by atoms with van der Waals surface area (Å²) in [6.45, 7) is 2.32. The number of para-hydroxylation sites is 1. The minimum Gasteiger partial charge on any atom is -0.434 e. The molecular weight excluding hydrogens is 194 g/mol. The smallest absolute Gasteiger partial charge is 0.305 e. The lowest BCUT2D eigenvalue weighted by molar-refractivity contribution is -0.174. The van der Waals surface area contributed by atoms with Gasteiger partial charge in [0.2, 0.25) is 6.29 Å². The summed E-state index contributed by atoms with van der Waals surface area (Å²) in [5.41, 5.74) is 2.11. The fourth-order valence-corrected chi connectivity index (χ4v) is 1.51. The van der Waals surface area contributed by atoms with E-state index in [4.69, 9.17) is 9.47 Å². The first-order chi connectivity index (χ1) is 7.25. The van der Waals surface area contributed by atoms with Crippen molar-refractivity contribution in [3.05, 3.63) is 29.8 Å². The van der Waals surface area contributed by atoms with Gasteiger partial charge in [-0.25, -0.2) is 0 Å². The number of fused-ring (bicyclic) bond motifs is 1. The highest BCUT2D eigenvalue weighted by molar-refractivity contribution is 5.66. The third kappa shape index (κ3) is 2.47. The molecule has 1 atom stereocenters. The summed E-state index contributed by atoms with van der Waals surface area (Å²) in [5, 5.41) is 3.18. The van der Waals surface area contributed by atoms with E-state index >= 15 is 0 Å². The van der Waals surface area contributed by atoms with Crippen LogP contribution in [0.4, 0.5) is 5.69 Å². The number of hydrogen-bond donors (Lipinski definition) is 1. The van der Waals surface area contributed by atoms with Crippen molar-refractivity contribution in [2.24, 2.45) is 0 Å². The summed E-state index contributed by atoms with van der Waals surface area (Å²) in [5.74, 6) is -0.326. The van der Waals surface area contributed by atoms with Crippen LogP contribution in [0.5, 0.6) is 0 Å². The molecule has 1 aromatic carbocycles. The number of nitrogens with one attached hydrogen (secondary N) is 1. The molecule has 1 N–H and O–H groups in total. The molecule has 1 aliphatic rings. The molecule has 0 bridgehead atoms. The van der Waals surface area contributed by atoms with Crippen molar-refractivity contribution in [1.82, 2.24) is 0 Å². The van der Waals surface area contributed by atoms with Crippen LogP contribution in [0.25, 0.3) is 0 Å². The monoisotopic (exact) mass is 207 g/mol. The van der Waals surface area contributed by atoms with Gasteiger partial charge in [0, 0.05) is 18.2 Å². The van der Waals surface area contributed by atoms with Crippen molar-refractivity contribution in [2.75, 3.05) is 11.9 Å². The normalized spacial score (nSPS) is 19.7. The summed E-state index contributed by atoms with van der Waals surface area (Å²) in [4.78, 5) is 10.8. The molecule has 0 amide bonds. The maximum atomic E-state index is 10.8. The summed E-state index contributed by atoms with van der Waals surface area (Å²) in [6, 6.07) is 7.88. The Kier molecular flexibility index (Phi) is 2.87. The number of benzene rings is 1. The topological polar surface area (TPSA) is 47.6 Å². The summed E-state index contributed by atoms with van der Waals surface area (Å²) in [6.07, 6.45) is -0.505. The first-order valence-corrected chi connectivity index (χ1v) is 4.86. The van der Waals surface area contributed by atoms with Gasteiger partial charge >= 0.3 is 5.97 Å². The summed E-state index contributed by atoms with van der Waals surface area (Å²) < 4.78 is 10.4. The molecule has 15 heavy (non-hydrogen) atoms. The number of carbonyl (C=O) groups excluding carboxylic acids is 1. The quantitative estimate of drug-likeness (QED) is 0.709. The van der Waals surface area contributed by atoms with Crippen molar-refractivity contribution < 1.29 is 14.3 Å². The molecule has 1 aromatic rings. The molecule has 1 aliphatic heterocycles. The van der Waals surface area contributed by atoms with E-state index in [1.165, 1.54) is 6.92 Å². The lowest BCUT2D eigenvalue weighted by Gasteiger charge is -2.14. The largest absolute Gasteiger partial charge is 0.434 e. The number of hydrogen-bond acceptors (Lipinski definition) is 4. The van der Waals surface area contributed by atoms with Crippen molar-refractivity contribution in [3.8, 4) is 0 Å². The van der Waals surface area contributed by atoms with Crippen molar-refractivity contribution in [2.45, 2.75) is 19.8 Å². The molecule has 0 aromatic heterocycles. The van der Waals surface area contributed by atoms with Crippen LogP contribution in [-0.2, 0) is 20.9 Å². The maximum Gasteiger partial charge on any atom is 0.305 e. The molecule has 4 nitrogen and oxygen atoms in total. The van der Waals surface area contributed by atoms with E-state index < -0.39 is 6.29 Å². The van der Waals surface area contributed by atoms with Crippen molar-refractivity contribution in [3.63, 3.8) is 0 Å². The second-order valence-electron chi connectivity index (χ2n) is 3.39. The Hall–Kier alpha value is -1.55. The van der Waals surface area contributed by atoms with Gasteiger partial charge in [-0.1, -0.05) is 18.2 Å². The molecule has 0 spiro atoms. The van der Waals surface area contributed by atoms with E-state index in [-0.39, 0.29) is 5.97 Å². The molecule has 0 saturated carbocycles.